The molecular formula is C21H23N3O4. The molecule has 7 heteroatoms. The molecule has 1 heterocycles. The number of nitrogens with zero attached hydrogens (tertiary/aromatic N) is 3. The van der Waals surface area contributed by atoms with Crippen molar-refractivity contribution in [2.75, 3.05) is 14.2 Å². The Morgan fingerprint density at radius 2 is 1.89 bits per heavy atom. The number of hydrogen-bond donors (Lipinski definition) is 0. The summed E-state index contributed by atoms with van der Waals surface area (Å²) >= 11 is 0. The number of aryl methyl sites for hydroxylation is 1. The van der Waals surface area contributed by atoms with Crippen LogP contribution in [-0.2, 0) is 11.3 Å². The fourth-order valence-corrected chi connectivity index (χ4v) is 2.66. The van der Waals surface area contributed by atoms with Gasteiger partial charge < -0.3 is 18.9 Å². The average molecular weight is 381 g/mol. The van der Waals surface area contributed by atoms with E-state index < -0.39 is 6.10 Å². The molecule has 7 nitrogen and oxygen atoms in total. The van der Waals surface area contributed by atoms with E-state index in [2.05, 4.69) is 10.1 Å². The normalized spacial score (nSPS) is 11.7. The van der Waals surface area contributed by atoms with E-state index in [0.717, 1.165) is 11.1 Å². The highest BCUT2D eigenvalue weighted by Gasteiger charge is 2.21. The van der Waals surface area contributed by atoms with Crippen molar-refractivity contribution in [3.8, 4) is 22.9 Å². The maximum atomic E-state index is 12.6. The van der Waals surface area contributed by atoms with Gasteiger partial charge in [0.15, 0.2) is 6.10 Å². The highest BCUT2D eigenvalue weighted by molar-refractivity contribution is 5.80. The molecule has 1 atom stereocenters. The lowest BCUT2D eigenvalue weighted by molar-refractivity contribution is -0.137. The monoisotopic (exact) mass is 381 g/mol. The number of hydrogen-bond acceptors (Lipinski definition) is 6. The van der Waals surface area contributed by atoms with Gasteiger partial charge in [0.2, 0.25) is 11.7 Å². The second-order valence-corrected chi connectivity index (χ2v) is 6.51. The number of aromatic nitrogens is 2. The molecule has 0 N–H and O–H groups in total. The highest BCUT2D eigenvalue weighted by atomic mass is 16.5. The summed E-state index contributed by atoms with van der Waals surface area (Å²) in [5, 5.41) is 3.99. The van der Waals surface area contributed by atoms with Gasteiger partial charge >= 0.3 is 0 Å². The Kier molecular flexibility index (Phi) is 5.93. The third kappa shape index (κ3) is 4.68. The van der Waals surface area contributed by atoms with Gasteiger partial charge in [0, 0.05) is 18.7 Å². The van der Waals surface area contributed by atoms with Crippen LogP contribution in [0, 0.1) is 6.92 Å². The van der Waals surface area contributed by atoms with Gasteiger partial charge in [-0.2, -0.15) is 4.98 Å². The molecule has 0 saturated heterocycles. The van der Waals surface area contributed by atoms with Crippen molar-refractivity contribution in [3.05, 3.63) is 60.0 Å². The first kappa shape index (κ1) is 19.4. The first-order chi connectivity index (χ1) is 13.5. The minimum atomic E-state index is -0.670. The molecule has 146 valence electrons. The first-order valence-electron chi connectivity index (χ1n) is 8.91. The lowest BCUT2D eigenvalue weighted by atomic mass is 10.1. The van der Waals surface area contributed by atoms with E-state index in [1.54, 1.807) is 39.3 Å². The lowest BCUT2D eigenvalue weighted by Gasteiger charge is -2.20. The molecule has 28 heavy (non-hydrogen) atoms. The Morgan fingerprint density at radius 1 is 1.18 bits per heavy atom. The quantitative estimate of drug-likeness (QED) is 0.624. The summed E-state index contributed by atoms with van der Waals surface area (Å²) in [6, 6.07) is 15.0. The Hall–Kier alpha value is -3.35. The van der Waals surface area contributed by atoms with Crippen LogP contribution in [0.4, 0.5) is 0 Å². The van der Waals surface area contributed by atoms with E-state index in [-0.39, 0.29) is 12.5 Å². The van der Waals surface area contributed by atoms with Gasteiger partial charge in [-0.25, -0.2) is 0 Å². The smallest absolute Gasteiger partial charge is 0.263 e. The molecule has 1 aromatic heterocycles. The molecule has 0 fully saturated rings. The van der Waals surface area contributed by atoms with Gasteiger partial charge in [-0.05, 0) is 26.0 Å². The number of benzene rings is 2. The van der Waals surface area contributed by atoms with Crippen LogP contribution in [-0.4, -0.2) is 41.2 Å². The van der Waals surface area contributed by atoms with Crippen molar-refractivity contribution in [1.29, 1.82) is 0 Å². The molecule has 3 aromatic rings. The standard InChI is InChI=1S/C21H23N3O4/c1-14-8-10-16(11-9-14)20-22-19(28-23-20)13-24(3)21(25)15(2)27-18-7-5-6-17(12-18)26-4/h5-12,15H,13H2,1-4H3. The van der Waals surface area contributed by atoms with Crippen molar-refractivity contribution < 1.29 is 18.8 Å². The van der Waals surface area contributed by atoms with Crippen LogP contribution >= 0.6 is 0 Å². The SMILES string of the molecule is COc1cccc(OC(C)C(=O)N(C)Cc2nc(-c3ccc(C)cc3)no2)c1. The third-order valence-electron chi connectivity index (χ3n) is 4.23. The fourth-order valence-electron chi connectivity index (χ4n) is 2.66. The summed E-state index contributed by atoms with van der Waals surface area (Å²) in [4.78, 5) is 18.5. The van der Waals surface area contributed by atoms with Crippen LogP contribution in [0.1, 0.15) is 18.4 Å². The van der Waals surface area contributed by atoms with Gasteiger partial charge in [0.25, 0.3) is 5.91 Å². The fraction of sp³-hybridized carbons (Fsp3) is 0.286. The zero-order valence-electron chi connectivity index (χ0n) is 16.4. The summed E-state index contributed by atoms with van der Waals surface area (Å²) in [5.41, 5.74) is 2.02. The van der Waals surface area contributed by atoms with Crippen molar-refractivity contribution in [2.45, 2.75) is 26.5 Å². The van der Waals surface area contributed by atoms with E-state index in [1.165, 1.54) is 4.90 Å². The molecule has 3 rings (SSSR count). The summed E-state index contributed by atoms with van der Waals surface area (Å²) in [5.74, 6) is 1.89. The number of ether oxygens (including phenoxy) is 2. The molecular weight excluding hydrogens is 358 g/mol. The summed E-state index contributed by atoms with van der Waals surface area (Å²) in [6.45, 7) is 3.91. The van der Waals surface area contributed by atoms with Gasteiger partial charge in [-0.15, -0.1) is 0 Å². The topological polar surface area (TPSA) is 77.7 Å². The number of methoxy groups -OCH3 is 1. The zero-order valence-corrected chi connectivity index (χ0v) is 16.4. The number of likely N-dealkylation sites (N-methyl/N-ethyl adjacent to an activating group) is 1. The molecule has 0 aliphatic rings. The number of carbonyl (C=O) groups excluding carboxylic acids is 1. The Bertz CT molecular complexity index is 937. The van der Waals surface area contributed by atoms with Gasteiger partial charge in [0.1, 0.15) is 11.5 Å². The Labute approximate surface area is 163 Å². The van der Waals surface area contributed by atoms with E-state index in [0.29, 0.717) is 23.2 Å². The van der Waals surface area contributed by atoms with Crippen LogP contribution in [0.25, 0.3) is 11.4 Å². The van der Waals surface area contributed by atoms with Crippen LogP contribution < -0.4 is 9.47 Å². The van der Waals surface area contributed by atoms with E-state index in [4.69, 9.17) is 14.0 Å². The number of carbonyl (C=O) groups is 1. The van der Waals surface area contributed by atoms with Crippen LogP contribution in [0.3, 0.4) is 0 Å². The second kappa shape index (κ2) is 8.56. The molecule has 0 saturated carbocycles. The van der Waals surface area contributed by atoms with E-state index in [9.17, 15) is 4.79 Å². The summed E-state index contributed by atoms with van der Waals surface area (Å²) < 4.78 is 16.2. The third-order valence-corrected chi connectivity index (χ3v) is 4.23. The average Bonchev–Trinajstić information content (AvgIpc) is 3.16. The summed E-state index contributed by atoms with van der Waals surface area (Å²) in [7, 11) is 3.25. The van der Waals surface area contributed by atoms with Crippen molar-refractivity contribution in [2.24, 2.45) is 0 Å². The van der Waals surface area contributed by atoms with Crippen molar-refractivity contribution in [3.63, 3.8) is 0 Å². The summed E-state index contributed by atoms with van der Waals surface area (Å²) in [6.07, 6.45) is -0.670. The van der Waals surface area contributed by atoms with E-state index >= 15 is 0 Å². The molecule has 0 bridgehead atoms. The Balaban J connectivity index is 1.61. The zero-order chi connectivity index (χ0) is 20.1. The predicted molar refractivity (Wildman–Crippen MR) is 104 cm³/mol. The largest absolute Gasteiger partial charge is 0.497 e. The highest BCUT2D eigenvalue weighted by Crippen LogP contribution is 2.21. The maximum Gasteiger partial charge on any atom is 0.263 e. The predicted octanol–water partition coefficient (Wildman–Crippen LogP) is 3.48. The molecule has 0 radical (unpaired) electrons. The van der Waals surface area contributed by atoms with Crippen LogP contribution in [0.15, 0.2) is 53.1 Å². The molecule has 1 amide bonds. The minimum absolute atomic E-state index is 0.196. The van der Waals surface area contributed by atoms with Crippen molar-refractivity contribution >= 4 is 5.91 Å². The molecule has 0 aliphatic carbocycles. The lowest BCUT2D eigenvalue weighted by Crippen LogP contribution is -2.37. The Morgan fingerprint density at radius 3 is 2.61 bits per heavy atom. The van der Waals surface area contributed by atoms with Crippen molar-refractivity contribution in [1.82, 2.24) is 15.0 Å². The number of rotatable bonds is 7. The molecule has 1 unspecified atom stereocenters. The minimum Gasteiger partial charge on any atom is -0.497 e. The van der Waals surface area contributed by atoms with Gasteiger partial charge in [0.05, 0.1) is 13.7 Å². The molecule has 0 spiro atoms. The maximum absolute atomic E-state index is 12.6. The second-order valence-electron chi connectivity index (χ2n) is 6.51. The molecule has 2 aromatic carbocycles. The van der Waals surface area contributed by atoms with E-state index in [1.807, 2.05) is 37.3 Å². The molecule has 0 aliphatic heterocycles. The van der Waals surface area contributed by atoms with Gasteiger partial charge in [-0.1, -0.05) is 41.1 Å². The van der Waals surface area contributed by atoms with Crippen LogP contribution in [0.2, 0.25) is 0 Å². The van der Waals surface area contributed by atoms with Crippen LogP contribution in [0.5, 0.6) is 11.5 Å². The first-order valence-corrected chi connectivity index (χ1v) is 8.91. The number of amides is 1. The van der Waals surface area contributed by atoms with Gasteiger partial charge in [-0.3, -0.25) is 4.79 Å².